The number of aromatic nitrogens is 2. The molecule has 0 spiro atoms. The Hall–Kier alpha value is -3.54. The van der Waals surface area contributed by atoms with Crippen LogP contribution in [0, 0.1) is 11.6 Å². The van der Waals surface area contributed by atoms with Crippen LogP contribution in [0.15, 0.2) is 72.9 Å². The molecule has 4 rings (SSSR count). The van der Waals surface area contributed by atoms with Crippen molar-refractivity contribution in [2.75, 3.05) is 0 Å². The quantitative estimate of drug-likeness (QED) is 0.449. The summed E-state index contributed by atoms with van der Waals surface area (Å²) in [6.07, 6.45) is 2.59. The van der Waals surface area contributed by atoms with Crippen LogP contribution in [0.1, 0.15) is 36.2 Å². The topological polar surface area (TPSA) is 46.9 Å². The zero-order valence-electron chi connectivity index (χ0n) is 17.2. The Morgan fingerprint density at radius 2 is 1.71 bits per heavy atom. The van der Waals surface area contributed by atoms with Gasteiger partial charge in [0.15, 0.2) is 0 Å². The molecule has 2 aromatic carbocycles. The van der Waals surface area contributed by atoms with Gasteiger partial charge in [0.05, 0.1) is 6.04 Å². The van der Waals surface area contributed by atoms with E-state index in [1.807, 2.05) is 25.1 Å². The van der Waals surface area contributed by atoms with Crippen molar-refractivity contribution in [2.45, 2.75) is 32.4 Å². The van der Waals surface area contributed by atoms with Gasteiger partial charge in [-0.3, -0.25) is 4.79 Å². The van der Waals surface area contributed by atoms with Gasteiger partial charge in [0.25, 0.3) is 0 Å². The summed E-state index contributed by atoms with van der Waals surface area (Å²) in [5.41, 5.74) is 3.63. The zero-order valence-corrected chi connectivity index (χ0v) is 17.2. The number of halogens is 2. The number of rotatable bonds is 7. The van der Waals surface area contributed by atoms with E-state index in [4.69, 9.17) is 0 Å². The Labute approximate surface area is 179 Å². The molecule has 0 radical (unpaired) electrons. The summed E-state index contributed by atoms with van der Waals surface area (Å²) in [4.78, 5) is 17.0. The zero-order chi connectivity index (χ0) is 21.8. The molecule has 4 aromatic rings. The van der Waals surface area contributed by atoms with E-state index in [-0.39, 0.29) is 23.6 Å². The fourth-order valence-electron chi connectivity index (χ4n) is 3.69. The lowest BCUT2D eigenvalue weighted by Crippen LogP contribution is -2.27. The number of nitrogens with zero attached hydrogens (tertiary/aromatic N) is 2. The van der Waals surface area contributed by atoms with Gasteiger partial charge in [-0.25, -0.2) is 13.8 Å². The lowest BCUT2D eigenvalue weighted by Gasteiger charge is -2.15. The molecule has 0 saturated heterocycles. The molecule has 0 aliphatic carbocycles. The van der Waals surface area contributed by atoms with Gasteiger partial charge in [0, 0.05) is 30.2 Å². The smallest absolute Gasteiger partial charge is 0.220 e. The van der Waals surface area contributed by atoms with Crippen LogP contribution < -0.4 is 5.32 Å². The molecule has 0 unspecified atom stereocenters. The minimum Gasteiger partial charge on any atom is -0.350 e. The van der Waals surface area contributed by atoms with Crippen molar-refractivity contribution in [1.29, 1.82) is 0 Å². The second kappa shape index (κ2) is 9.08. The molecule has 0 aliphatic heterocycles. The SMILES string of the molecule is C[C@H](NC(=O)CCc1cc2cccnc2n1Cc1ccc(F)cc1)c1ccc(F)cc1. The first-order chi connectivity index (χ1) is 15.0. The summed E-state index contributed by atoms with van der Waals surface area (Å²) in [6.45, 7) is 2.42. The molecule has 4 nitrogen and oxygen atoms in total. The first kappa shape index (κ1) is 20.7. The van der Waals surface area contributed by atoms with Crippen molar-refractivity contribution in [3.8, 4) is 0 Å². The molecule has 2 aromatic heterocycles. The number of fused-ring (bicyclic) bond motifs is 1. The monoisotopic (exact) mass is 419 g/mol. The van der Waals surface area contributed by atoms with Gasteiger partial charge in [0.1, 0.15) is 17.3 Å². The van der Waals surface area contributed by atoms with Gasteiger partial charge >= 0.3 is 0 Å². The number of amides is 1. The second-order valence-corrected chi connectivity index (χ2v) is 7.61. The number of benzene rings is 2. The Morgan fingerprint density at radius 3 is 2.42 bits per heavy atom. The van der Waals surface area contributed by atoms with Gasteiger partial charge in [-0.15, -0.1) is 0 Å². The Kier molecular flexibility index (Phi) is 6.07. The molecule has 31 heavy (non-hydrogen) atoms. The number of hydrogen-bond acceptors (Lipinski definition) is 2. The highest BCUT2D eigenvalue weighted by molar-refractivity contribution is 5.79. The number of aryl methyl sites for hydroxylation is 1. The van der Waals surface area contributed by atoms with E-state index in [1.165, 1.54) is 24.3 Å². The number of hydrogen-bond donors (Lipinski definition) is 1. The number of nitrogens with one attached hydrogen (secondary N) is 1. The van der Waals surface area contributed by atoms with Crippen molar-refractivity contribution in [1.82, 2.24) is 14.9 Å². The van der Waals surface area contributed by atoms with E-state index in [9.17, 15) is 13.6 Å². The van der Waals surface area contributed by atoms with Gasteiger partial charge in [0.2, 0.25) is 5.91 Å². The van der Waals surface area contributed by atoms with E-state index in [0.29, 0.717) is 19.4 Å². The standard InChI is InChI=1S/C25H23F2N3O/c1-17(19-6-10-22(27)11-7-19)29-24(31)13-12-23-15-20-3-2-14-28-25(20)30(23)16-18-4-8-21(26)9-5-18/h2-11,14-15,17H,12-13,16H2,1H3,(H,29,31)/t17-/m0/s1. The molecule has 0 bridgehead atoms. The summed E-state index contributed by atoms with van der Waals surface area (Å²) >= 11 is 0. The maximum Gasteiger partial charge on any atom is 0.220 e. The van der Waals surface area contributed by atoms with E-state index in [2.05, 4.69) is 14.9 Å². The molecule has 0 saturated carbocycles. The van der Waals surface area contributed by atoms with E-state index < -0.39 is 0 Å². The lowest BCUT2D eigenvalue weighted by atomic mass is 10.1. The molecule has 6 heteroatoms. The average Bonchev–Trinajstić information content (AvgIpc) is 3.11. The maximum absolute atomic E-state index is 13.3. The highest BCUT2D eigenvalue weighted by Gasteiger charge is 2.14. The van der Waals surface area contributed by atoms with Crippen LogP contribution in [0.5, 0.6) is 0 Å². The minimum atomic E-state index is -0.301. The van der Waals surface area contributed by atoms with Gasteiger partial charge < -0.3 is 9.88 Å². The van der Waals surface area contributed by atoms with Gasteiger partial charge in [-0.05, 0) is 66.9 Å². The Morgan fingerprint density at radius 1 is 1.03 bits per heavy atom. The minimum absolute atomic E-state index is 0.0802. The summed E-state index contributed by atoms with van der Waals surface area (Å²) < 4.78 is 28.4. The molecule has 158 valence electrons. The first-order valence-corrected chi connectivity index (χ1v) is 10.2. The molecule has 0 aliphatic rings. The first-order valence-electron chi connectivity index (χ1n) is 10.2. The van der Waals surface area contributed by atoms with Crippen molar-refractivity contribution in [3.63, 3.8) is 0 Å². The molecule has 2 heterocycles. The predicted octanol–water partition coefficient (Wildman–Crippen LogP) is 5.17. The molecule has 1 N–H and O–H groups in total. The summed E-state index contributed by atoms with van der Waals surface area (Å²) in [5, 5.41) is 3.97. The summed E-state index contributed by atoms with van der Waals surface area (Å²) in [6, 6.07) is 18.2. The van der Waals surface area contributed by atoms with E-state index >= 15 is 0 Å². The third-order valence-electron chi connectivity index (χ3n) is 5.35. The van der Waals surface area contributed by atoms with Gasteiger partial charge in [-0.1, -0.05) is 24.3 Å². The summed E-state index contributed by atoms with van der Waals surface area (Å²) in [5.74, 6) is -0.653. The molecule has 1 amide bonds. The second-order valence-electron chi connectivity index (χ2n) is 7.61. The Balaban J connectivity index is 1.48. The Bertz CT molecular complexity index is 1180. The molecule has 0 fully saturated rings. The largest absolute Gasteiger partial charge is 0.350 e. The highest BCUT2D eigenvalue weighted by Crippen LogP contribution is 2.21. The van der Waals surface area contributed by atoms with Crippen LogP contribution in [0.2, 0.25) is 0 Å². The number of carbonyl (C=O) groups is 1. The van der Waals surface area contributed by atoms with Crippen molar-refractivity contribution in [2.24, 2.45) is 0 Å². The maximum atomic E-state index is 13.3. The van der Waals surface area contributed by atoms with E-state index in [1.54, 1.807) is 30.5 Å². The van der Waals surface area contributed by atoms with Crippen LogP contribution in [0.4, 0.5) is 8.78 Å². The lowest BCUT2D eigenvalue weighted by molar-refractivity contribution is -0.121. The van der Waals surface area contributed by atoms with Crippen LogP contribution in [0.25, 0.3) is 11.0 Å². The number of carbonyl (C=O) groups excluding carboxylic acids is 1. The molecular weight excluding hydrogens is 396 g/mol. The van der Waals surface area contributed by atoms with Crippen LogP contribution in [0.3, 0.4) is 0 Å². The van der Waals surface area contributed by atoms with Crippen LogP contribution in [-0.4, -0.2) is 15.5 Å². The summed E-state index contributed by atoms with van der Waals surface area (Å²) in [7, 11) is 0. The van der Waals surface area contributed by atoms with E-state index in [0.717, 1.165) is 27.9 Å². The molecular formula is C25H23F2N3O. The van der Waals surface area contributed by atoms with Crippen molar-refractivity contribution < 1.29 is 13.6 Å². The van der Waals surface area contributed by atoms with Crippen LogP contribution in [-0.2, 0) is 17.8 Å². The predicted molar refractivity (Wildman–Crippen MR) is 117 cm³/mol. The average molecular weight is 419 g/mol. The third kappa shape index (κ3) is 4.97. The third-order valence-corrected chi connectivity index (χ3v) is 5.35. The van der Waals surface area contributed by atoms with Crippen molar-refractivity contribution in [3.05, 3.63) is 101 Å². The fraction of sp³-hybridized carbons (Fsp3) is 0.200. The van der Waals surface area contributed by atoms with Crippen molar-refractivity contribution >= 4 is 16.9 Å². The fourth-order valence-corrected chi connectivity index (χ4v) is 3.69. The highest BCUT2D eigenvalue weighted by atomic mass is 19.1. The molecule has 1 atom stereocenters. The van der Waals surface area contributed by atoms with Gasteiger partial charge in [-0.2, -0.15) is 0 Å². The van der Waals surface area contributed by atoms with Crippen LogP contribution >= 0.6 is 0 Å². The normalized spacial score (nSPS) is 12.1. The number of pyridine rings is 1.